The fourth-order valence-corrected chi connectivity index (χ4v) is 4.42. The molecule has 3 aromatic carbocycles. The normalized spacial score (nSPS) is 10.8. The summed E-state index contributed by atoms with van der Waals surface area (Å²) in [6.07, 6.45) is 2.01. The first kappa shape index (κ1) is 20.3. The average Bonchev–Trinajstić information content (AvgIpc) is 3.22. The summed E-state index contributed by atoms with van der Waals surface area (Å²) in [6.45, 7) is 2.07. The van der Waals surface area contributed by atoms with Crippen molar-refractivity contribution >= 4 is 21.9 Å². The predicted molar refractivity (Wildman–Crippen MR) is 126 cm³/mol. The van der Waals surface area contributed by atoms with Gasteiger partial charge in [-0.1, -0.05) is 18.2 Å². The van der Waals surface area contributed by atoms with E-state index in [0.717, 1.165) is 38.7 Å². The number of rotatable bonds is 3. The molecule has 33 heavy (non-hydrogen) atoms. The van der Waals surface area contributed by atoms with Gasteiger partial charge in [-0.15, -0.1) is 0 Å². The molecule has 0 saturated carbocycles. The van der Waals surface area contributed by atoms with Crippen molar-refractivity contribution in [2.24, 2.45) is 7.05 Å². The third-order valence-electron chi connectivity index (χ3n) is 6.06. The topological polar surface area (TPSA) is 73.8 Å². The number of ether oxygens (including phenoxy) is 1. The fraction of sp³-hybridized carbons (Fsp3) is 0.107. The summed E-state index contributed by atoms with van der Waals surface area (Å²) in [5.41, 5.74) is 6.97. The quantitative estimate of drug-likeness (QED) is 0.339. The molecule has 158 valence electrons. The molecule has 0 aliphatic carbocycles. The highest BCUT2D eigenvalue weighted by Crippen LogP contribution is 2.42. The Morgan fingerprint density at radius 1 is 0.848 bits per heavy atom. The number of aryl methyl sites for hydroxylation is 2. The van der Waals surface area contributed by atoms with Crippen molar-refractivity contribution in [1.29, 1.82) is 10.5 Å². The Bertz CT molecular complexity index is 1650. The van der Waals surface area contributed by atoms with Crippen LogP contribution in [-0.4, -0.2) is 7.11 Å². The molecule has 0 atom stereocenters. The highest BCUT2D eigenvalue weighted by atomic mass is 16.5. The maximum absolute atomic E-state index is 9.88. The molecule has 0 saturated heterocycles. The van der Waals surface area contributed by atoms with Crippen molar-refractivity contribution in [2.45, 2.75) is 6.92 Å². The summed E-state index contributed by atoms with van der Waals surface area (Å²) in [6, 6.07) is 23.7. The van der Waals surface area contributed by atoms with Crippen LogP contribution in [-0.2, 0) is 7.05 Å². The second-order valence-electron chi connectivity index (χ2n) is 7.94. The second kappa shape index (κ2) is 7.82. The number of hydrogen-bond acceptors (Lipinski definition) is 4. The van der Waals surface area contributed by atoms with E-state index in [1.54, 1.807) is 12.1 Å². The molecular formula is C28H20N3O2+. The molecule has 5 aromatic rings. The summed E-state index contributed by atoms with van der Waals surface area (Å²) in [4.78, 5) is 0. The molecule has 0 aliphatic rings. The van der Waals surface area contributed by atoms with Crippen molar-refractivity contribution in [3.05, 3.63) is 83.6 Å². The van der Waals surface area contributed by atoms with E-state index in [1.165, 1.54) is 7.11 Å². The van der Waals surface area contributed by atoms with Crippen LogP contribution in [0.1, 0.15) is 16.7 Å². The maximum atomic E-state index is 9.88. The van der Waals surface area contributed by atoms with E-state index >= 15 is 0 Å². The van der Waals surface area contributed by atoms with Gasteiger partial charge in [-0.2, -0.15) is 10.5 Å². The summed E-state index contributed by atoms with van der Waals surface area (Å²) in [5, 5.41) is 21.2. The highest BCUT2D eigenvalue weighted by Gasteiger charge is 2.23. The van der Waals surface area contributed by atoms with Gasteiger partial charge < -0.3 is 9.15 Å². The summed E-state index contributed by atoms with van der Waals surface area (Å²) < 4.78 is 14.0. The Balaban J connectivity index is 1.89. The van der Waals surface area contributed by atoms with Gasteiger partial charge in [0.25, 0.3) is 0 Å². The van der Waals surface area contributed by atoms with Gasteiger partial charge in [0.1, 0.15) is 30.0 Å². The molecule has 2 heterocycles. The van der Waals surface area contributed by atoms with Gasteiger partial charge in [-0.3, -0.25) is 0 Å². The van der Waals surface area contributed by atoms with Crippen LogP contribution >= 0.6 is 0 Å². The Morgan fingerprint density at radius 2 is 1.55 bits per heavy atom. The third kappa shape index (κ3) is 3.11. The minimum absolute atomic E-state index is 0.436. The minimum atomic E-state index is 0.436. The lowest BCUT2D eigenvalue weighted by Gasteiger charge is -2.09. The number of aromatic nitrogens is 1. The van der Waals surface area contributed by atoms with E-state index < -0.39 is 0 Å². The molecule has 0 fully saturated rings. The van der Waals surface area contributed by atoms with Gasteiger partial charge >= 0.3 is 0 Å². The van der Waals surface area contributed by atoms with Crippen molar-refractivity contribution < 1.29 is 13.7 Å². The van der Waals surface area contributed by atoms with Crippen molar-refractivity contribution in [3.63, 3.8) is 0 Å². The number of furan rings is 1. The molecule has 0 unspecified atom stereocenters. The van der Waals surface area contributed by atoms with Crippen LogP contribution in [0.15, 0.2) is 71.3 Å². The van der Waals surface area contributed by atoms with Gasteiger partial charge in [0, 0.05) is 28.5 Å². The first-order valence-electron chi connectivity index (χ1n) is 10.5. The van der Waals surface area contributed by atoms with Crippen molar-refractivity contribution in [3.8, 4) is 40.3 Å². The minimum Gasteiger partial charge on any atom is -0.495 e. The van der Waals surface area contributed by atoms with Crippen LogP contribution in [0.3, 0.4) is 0 Å². The first-order chi connectivity index (χ1) is 16.1. The molecule has 5 nitrogen and oxygen atoms in total. The second-order valence-corrected chi connectivity index (χ2v) is 7.94. The van der Waals surface area contributed by atoms with E-state index in [-0.39, 0.29) is 0 Å². The zero-order valence-electron chi connectivity index (χ0n) is 18.5. The zero-order valence-corrected chi connectivity index (χ0v) is 18.5. The number of benzene rings is 3. The van der Waals surface area contributed by atoms with E-state index in [2.05, 4.69) is 41.8 Å². The molecule has 0 amide bonds. The van der Waals surface area contributed by atoms with Crippen LogP contribution in [0, 0.1) is 29.6 Å². The summed E-state index contributed by atoms with van der Waals surface area (Å²) in [5.74, 6) is 0.458. The third-order valence-corrected chi connectivity index (χ3v) is 6.06. The van der Waals surface area contributed by atoms with Crippen molar-refractivity contribution in [1.82, 2.24) is 0 Å². The SMILES string of the molecule is COc1cc(-c2c(C#N)ccc3c2oc2c(-c4cccc[n+]4C)c(C)ccc23)ccc1C#N. The lowest BCUT2D eigenvalue weighted by Crippen LogP contribution is -2.30. The van der Waals surface area contributed by atoms with Crippen LogP contribution < -0.4 is 9.30 Å². The predicted octanol–water partition coefficient (Wildman–Crippen LogP) is 5.80. The number of hydrogen-bond donors (Lipinski definition) is 0. The molecule has 0 bridgehead atoms. The molecule has 5 rings (SSSR count). The molecule has 2 aromatic heterocycles. The molecule has 0 radical (unpaired) electrons. The van der Waals surface area contributed by atoms with E-state index in [0.29, 0.717) is 28.0 Å². The standard InChI is InChI=1S/C28H20N3O2/c1-17-7-11-21-22-12-10-20(16-30)26(18-8-9-19(15-29)24(14-18)32-3)28(22)33-27(21)25(17)23-6-4-5-13-31(23)2/h4-14H,1-3H3/q+1. The molecular weight excluding hydrogens is 410 g/mol. The molecule has 0 spiro atoms. The van der Waals surface area contributed by atoms with E-state index in [4.69, 9.17) is 9.15 Å². The number of pyridine rings is 1. The number of fused-ring (bicyclic) bond motifs is 3. The highest BCUT2D eigenvalue weighted by molar-refractivity contribution is 6.14. The van der Waals surface area contributed by atoms with E-state index in [1.807, 2.05) is 43.6 Å². The molecule has 0 N–H and O–H groups in total. The lowest BCUT2D eigenvalue weighted by molar-refractivity contribution is -0.660. The fourth-order valence-electron chi connectivity index (χ4n) is 4.42. The Kier molecular flexibility index (Phi) is 4.81. The first-order valence-corrected chi connectivity index (χ1v) is 10.5. The van der Waals surface area contributed by atoms with Crippen LogP contribution in [0.5, 0.6) is 5.75 Å². The van der Waals surface area contributed by atoms with Gasteiger partial charge in [-0.05, 0) is 48.4 Å². The van der Waals surface area contributed by atoms with Gasteiger partial charge in [0.2, 0.25) is 5.69 Å². The number of nitrogens with zero attached hydrogens (tertiary/aromatic N) is 3. The Morgan fingerprint density at radius 3 is 2.24 bits per heavy atom. The molecule has 0 aliphatic heterocycles. The summed E-state index contributed by atoms with van der Waals surface area (Å²) in [7, 11) is 3.54. The Labute approximate surface area is 191 Å². The van der Waals surface area contributed by atoms with Crippen molar-refractivity contribution in [2.75, 3.05) is 7.11 Å². The van der Waals surface area contributed by atoms with Gasteiger partial charge in [-0.25, -0.2) is 4.57 Å². The van der Waals surface area contributed by atoms with Crippen LogP contribution in [0.2, 0.25) is 0 Å². The number of nitriles is 2. The Hall–Kier alpha value is -4.61. The van der Waals surface area contributed by atoms with Gasteiger partial charge in [0.15, 0.2) is 6.20 Å². The summed E-state index contributed by atoms with van der Waals surface area (Å²) >= 11 is 0. The zero-order chi connectivity index (χ0) is 23.1. The number of methoxy groups -OCH3 is 1. The van der Waals surface area contributed by atoms with Crippen LogP contribution in [0.4, 0.5) is 0 Å². The lowest BCUT2D eigenvalue weighted by atomic mass is 9.95. The van der Waals surface area contributed by atoms with Crippen LogP contribution in [0.25, 0.3) is 44.3 Å². The average molecular weight is 430 g/mol. The van der Waals surface area contributed by atoms with E-state index in [9.17, 15) is 10.5 Å². The smallest absolute Gasteiger partial charge is 0.216 e. The monoisotopic (exact) mass is 430 g/mol. The van der Waals surface area contributed by atoms with Gasteiger partial charge in [0.05, 0.1) is 29.9 Å². The molecule has 5 heteroatoms. The maximum Gasteiger partial charge on any atom is 0.216 e. The largest absolute Gasteiger partial charge is 0.495 e.